The Morgan fingerprint density at radius 3 is 2.67 bits per heavy atom. The number of nitrogens with one attached hydrogen (secondary N) is 2. The molecule has 0 unspecified atom stereocenters. The van der Waals surface area contributed by atoms with Crippen LogP contribution in [0.15, 0.2) is 46.9 Å². The van der Waals surface area contributed by atoms with Gasteiger partial charge in [-0.25, -0.2) is 0 Å². The minimum absolute atomic E-state index is 0.182. The third kappa shape index (κ3) is 4.22. The molecule has 2 N–H and O–H groups in total. The Labute approximate surface area is 137 Å². The van der Waals surface area contributed by atoms with Gasteiger partial charge in [0.05, 0.1) is 16.3 Å². The van der Waals surface area contributed by atoms with Crippen molar-refractivity contribution in [1.82, 2.24) is 0 Å². The molecule has 2 rings (SSSR count). The zero-order chi connectivity index (χ0) is 15.2. The third-order valence-corrected chi connectivity index (χ3v) is 3.72. The Morgan fingerprint density at radius 1 is 1.19 bits per heavy atom. The molecule has 0 spiro atoms. The molecule has 0 atom stereocenters. The van der Waals surface area contributed by atoms with Gasteiger partial charge in [-0.2, -0.15) is 0 Å². The van der Waals surface area contributed by atoms with Gasteiger partial charge in [0.25, 0.3) is 5.91 Å². The van der Waals surface area contributed by atoms with E-state index >= 15 is 0 Å². The lowest BCUT2D eigenvalue weighted by atomic mass is 10.1. The number of hydrogen-bond acceptors (Lipinski definition) is 2. The van der Waals surface area contributed by atoms with Crippen LogP contribution < -0.4 is 10.6 Å². The summed E-state index contributed by atoms with van der Waals surface area (Å²) in [5, 5.41) is 6.59. The van der Waals surface area contributed by atoms with E-state index in [1.54, 1.807) is 18.2 Å². The molecule has 0 aliphatic heterocycles. The summed E-state index contributed by atoms with van der Waals surface area (Å²) < 4.78 is 0.871. The number of benzene rings is 2. The summed E-state index contributed by atoms with van der Waals surface area (Å²) in [6, 6.07) is 12.8. The van der Waals surface area contributed by atoms with Gasteiger partial charge in [0.15, 0.2) is 0 Å². The second kappa shape index (κ2) is 7.48. The molecule has 0 saturated heterocycles. The maximum atomic E-state index is 12.4. The van der Waals surface area contributed by atoms with E-state index in [1.165, 1.54) is 0 Å². The number of halogens is 2. The molecule has 3 nitrogen and oxygen atoms in total. The maximum Gasteiger partial charge on any atom is 0.257 e. The monoisotopic (exact) mass is 366 g/mol. The summed E-state index contributed by atoms with van der Waals surface area (Å²) in [4.78, 5) is 12.4. The van der Waals surface area contributed by atoms with E-state index in [1.807, 2.05) is 24.3 Å². The van der Waals surface area contributed by atoms with Gasteiger partial charge in [-0.15, -0.1) is 0 Å². The second-order valence-electron chi connectivity index (χ2n) is 4.55. The Morgan fingerprint density at radius 2 is 1.95 bits per heavy atom. The van der Waals surface area contributed by atoms with E-state index < -0.39 is 0 Å². The maximum absolute atomic E-state index is 12.4. The van der Waals surface area contributed by atoms with Crippen LogP contribution in [0.25, 0.3) is 0 Å². The molecule has 0 aromatic heterocycles. The van der Waals surface area contributed by atoms with Crippen LogP contribution in [0.3, 0.4) is 0 Å². The van der Waals surface area contributed by atoms with Crippen LogP contribution in [0, 0.1) is 0 Å². The predicted molar refractivity (Wildman–Crippen MR) is 92.3 cm³/mol. The van der Waals surface area contributed by atoms with Gasteiger partial charge >= 0.3 is 0 Å². The highest BCUT2D eigenvalue weighted by Crippen LogP contribution is 2.26. The predicted octanol–water partition coefficient (Wildman–Crippen LogP) is 5.18. The zero-order valence-corrected chi connectivity index (χ0v) is 14.0. The van der Waals surface area contributed by atoms with Crippen LogP contribution in [-0.4, -0.2) is 12.5 Å². The fraction of sp³-hybridized carbons (Fsp3) is 0.188. The number of hydrogen-bond donors (Lipinski definition) is 2. The minimum Gasteiger partial charge on any atom is -0.384 e. The molecule has 0 radical (unpaired) electrons. The largest absolute Gasteiger partial charge is 0.384 e. The van der Waals surface area contributed by atoms with Crippen LogP contribution in [0.1, 0.15) is 23.7 Å². The van der Waals surface area contributed by atoms with Crippen molar-refractivity contribution in [3.8, 4) is 0 Å². The Balaban J connectivity index is 2.20. The Bertz CT molecular complexity index is 646. The fourth-order valence-electron chi connectivity index (χ4n) is 1.88. The highest BCUT2D eigenvalue weighted by atomic mass is 79.9. The quantitative estimate of drug-likeness (QED) is 0.765. The van der Waals surface area contributed by atoms with Gasteiger partial charge in [0.1, 0.15) is 0 Å². The summed E-state index contributed by atoms with van der Waals surface area (Å²) in [6.45, 7) is 2.90. The van der Waals surface area contributed by atoms with Crippen molar-refractivity contribution >= 4 is 44.8 Å². The average molecular weight is 368 g/mol. The lowest BCUT2D eigenvalue weighted by molar-refractivity contribution is 0.102. The first-order valence-corrected chi connectivity index (χ1v) is 7.88. The highest BCUT2D eigenvalue weighted by Gasteiger charge is 2.12. The van der Waals surface area contributed by atoms with Crippen molar-refractivity contribution in [2.24, 2.45) is 0 Å². The SMILES string of the molecule is CCCNc1ccccc1C(=O)Nc1ccc(Br)cc1Cl. The molecular formula is C16H16BrClN2O. The molecule has 0 bridgehead atoms. The summed E-state index contributed by atoms with van der Waals surface area (Å²) in [6.07, 6.45) is 0.995. The molecule has 21 heavy (non-hydrogen) atoms. The topological polar surface area (TPSA) is 41.1 Å². The van der Waals surface area contributed by atoms with Crippen molar-refractivity contribution in [3.05, 3.63) is 57.5 Å². The van der Waals surface area contributed by atoms with Gasteiger partial charge in [0, 0.05) is 16.7 Å². The number of rotatable bonds is 5. The normalized spacial score (nSPS) is 10.2. The minimum atomic E-state index is -0.182. The number of anilines is 2. The summed E-state index contributed by atoms with van der Waals surface area (Å²) >= 11 is 9.46. The van der Waals surface area contributed by atoms with E-state index in [2.05, 4.69) is 33.5 Å². The van der Waals surface area contributed by atoms with Crippen LogP contribution in [-0.2, 0) is 0 Å². The fourth-order valence-corrected chi connectivity index (χ4v) is 2.60. The van der Waals surface area contributed by atoms with Gasteiger partial charge in [-0.05, 0) is 36.8 Å². The van der Waals surface area contributed by atoms with Crippen molar-refractivity contribution < 1.29 is 4.79 Å². The van der Waals surface area contributed by atoms with Crippen molar-refractivity contribution in [2.75, 3.05) is 17.2 Å². The molecule has 0 heterocycles. The number of amides is 1. The van der Waals surface area contributed by atoms with Crippen LogP contribution in [0.5, 0.6) is 0 Å². The average Bonchev–Trinajstić information content (AvgIpc) is 2.48. The number of carbonyl (C=O) groups excluding carboxylic acids is 1. The molecule has 2 aromatic carbocycles. The van der Waals surface area contributed by atoms with Gasteiger partial charge < -0.3 is 10.6 Å². The van der Waals surface area contributed by atoms with Crippen LogP contribution in [0.2, 0.25) is 5.02 Å². The molecule has 110 valence electrons. The third-order valence-electron chi connectivity index (χ3n) is 2.92. The number of para-hydroxylation sites is 1. The standard InChI is InChI=1S/C16H16BrClN2O/c1-2-9-19-14-6-4-3-5-12(14)16(21)20-15-8-7-11(17)10-13(15)18/h3-8,10,19H,2,9H2,1H3,(H,20,21). The highest BCUT2D eigenvalue weighted by molar-refractivity contribution is 9.10. The van der Waals surface area contributed by atoms with Crippen molar-refractivity contribution in [2.45, 2.75) is 13.3 Å². The van der Waals surface area contributed by atoms with Gasteiger partial charge in [-0.1, -0.05) is 46.6 Å². The first-order valence-electron chi connectivity index (χ1n) is 6.71. The Kier molecular flexibility index (Phi) is 5.65. The Hall–Kier alpha value is -1.52. The molecule has 0 fully saturated rings. The molecule has 1 amide bonds. The first kappa shape index (κ1) is 15.9. The van der Waals surface area contributed by atoms with E-state index in [0.29, 0.717) is 16.3 Å². The lowest BCUT2D eigenvalue weighted by Crippen LogP contribution is -2.15. The van der Waals surface area contributed by atoms with Crippen molar-refractivity contribution in [3.63, 3.8) is 0 Å². The first-order chi connectivity index (χ1) is 10.1. The smallest absolute Gasteiger partial charge is 0.257 e. The van der Waals surface area contributed by atoms with E-state index in [0.717, 1.165) is 23.1 Å². The van der Waals surface area contributed by atoms with Crippen LogP contribution in [0.4, 0.5) is 11.4 Å². The molecule has 5 heteroatoms. The summed E-state index contributed by atoms with van der Waals surface area (Å²) in [5.74, 6) is -0.182. The molecular weight excluding hydrogens is 352 g/mol. The van der Waals surface area contributed by atoms with Crippen LogP contribution >= 0.6 is 27.5 Å². The molecule has 0 aliphatic rings. The van der Waals surface area contributed by atoms with E-state index in [-0.39, 0.29) is 5.91 Å². The van der Waals surface area contributed by atoms with Crippen molar-refractivity contribution in [1.29, 1.82) is 0 Å². The van der Waals surface area contributed by atoms with Gasteiger partial charge in [0.2, 0.25) is 0 Å². The molecule has 0 aliphatic carbocycles. The zero-order valence-electron chi connectivity index (χ0n) is 11.6. The molecule has 2 aromatic rings. The number of carbonyl (C=O) groups is 1. The second-order valence-corrected chi connectivity index (χ2v) is 5.87. The van der Waals surface area contributed by atoms with E-state index in [4.69, 9.17) is 11.6 Å². The summed E-state index contributed by atoms with van der Waals surface area (Å²) in [7, 11) is 0. The van der Waals surface area contributed by atoms with E-state index in [9.17, 15) is 4.79 Å². The van der Waals surface area contributed by atoms with Gasteiger partial charge in [-0.3, -0.25) is 4.79 Å². The summed E-state index contributed by atoms with van der Waals surface area (Å²) in [5.41, 5.74) is 2.02. The lowest BCUT2D eigenvalue weighted by Gasteiger charge is -2.12. The molecule has 0 saturated carbocycles.